The first-order valence-corrected chi connectivity index (χ1v) is 6.27. The predicted molar refractivity (Wildman–Crippen MR) is 73.0 cm³/mol. The summed E-state index contributed by atoms with van der Waals surface area (Å²) in [5, 5.41) is 17.7. The maximum atomic E-state index is 13.9. The summed E-state index contributed by atoms with van der Waals surface area (Å²) in [4.78, 5) is 1.88. The van der Waals surface area contributed by atoms with Gasteiger partial charge in [-0.3, -0.25) is 4.90 Å². The Balaban J connectivity index is 2.75. The van der Waals surface area contributed by atoms with Gasteiger partial charge in [-0.25, -0.2) is 4.39 Å². The first-order chi connectivity index (χ1) is 9.08. The molecule has 0 spiro atoms. The third-order valence-corrected chi connectivity index (χ3v) is 2.96. The zero-order chi connectivity index (χ0) is 14.3. The van der Waals surface area contributed by atoms with Crippen LogP contribution >= 0.6 is 0 Å². The topological polar surface area (TPSA) is 43.7 Å². The van der Waals surface area contributed by atoms with Gasteiger partial charge in [-0.1, -0.05) is 17.9 Å². The molecule has 19 heavy (non-hydrogen) atoms. The largest absolute Gasteiger partial charge is 0.395 e. The Kier molecular flexibility index (Phi) is 6.51. The van der Waals surface area contributed by atoms with E-state index in [1.807, 2.05) is 18.9 Å². The van der Waals surface area contributed by atoms with Crippen LogP contribution in [0.25, 0.3) is 0 Å². The van der Waals surface area contributed by atoms with E-state index in [1.165, 1.54) is 6.07 Å². The molecule has 1 rings (SSSR count). The Morgan fingerprint density at radius 1 is 1.37 bits per heavy atom. The number of aliphatic hydroxyl groups excluding tert-OH is 2. The van der Waals surface area contributed by atoms with Crippen molar-refractivity contribution in [1.82, 2.24) is 4.90 Å². The summed E-state index contributed by atoms with van der Waals surface area (Å²) in [6.45, 7) is 2.38. The lowest BCUT2D eigenvalue weighted by Gasteiger charge is -2.23. The Hall–Kier alpha value is -1.41. The average molecular weight is 265 g/mol. The molecule has 0 saturated heterocycles. The fourth-order valence-corrected chi connectivity index (χ4v) is 1.54. The molecule has 0 aliphatic heterocycles. The zero-order valence-corrected chi connectivity index (χ0v) is 11.4. The van der Waals surface area contributed by atoms with Gasteiger partial charge in [0, 0.05) is 30.1 Å². The molecule has 3 nitrogen and oxygen atoms in total. The van der Waals surface area contributed by atoms with E-state index in [0.29, 0.717) is 24.1 Å². The molecule has 0 saturated carbocycles. The van der Waals surface area contributed by atoms with Crippen LogP contribution in [-0.4, -0.2) is 41.4 Å². The van der Waals surface area contributed by atoms with E-state index in [0.717, 1.165) is 0 Å². The molecule has 1 aromatic carbocycles. The van der Waals surface area contributed by atoms with Gasteiger partial charge in [0.25, 0.3) is 0 Å². The Labute approximate surface area is 113 Å². The van der Waals surface area contributed by atoms with Crippen LogP contribution in [0, 0.1) is 17.7 Å². The lowest BCUT2D eigenvalue weighted by molar-refractivity contribution is 0.153. The highest BCUT2D eigenvalue weighted by Gasteiger charge is 2.11. The highest BCUT2D eigenvalue weighted by molar-refractivity contribution is 5.37. The van der Waals surface area contributed by atoms with Gasteiger partial charge in [-0.2, -0.15) is 0 Å². The van der Waals surface area contributed by atoms with E-state index in [4.69, 9.17) is 10.2 Å². The summed E-state index contributed by atoms with van der Waals surface area (Å²) in [6, 6.07) is 4.86. The second-order valence-electron chi connectivity index (χ2n) is 4.53. The molecule has 104 valence electrons. The van der Waals surface area contributed by atoms with Gasteiger partial charge in [0.05, 0.1) is 13.2 Å². The van der Waals surface area contributed by atoms with Crippen LogP contribution in [0.2, 0.25) is 0 Å². The van der Waals surface area contributed by atoms with Crippen LogP contribution in [0.4, 0.5) is 4.39 Å². The van der Waals surface area contributed by atoms with E-state index < -0.39 is 0 Å². The number of rotatable bonds is 5. The molecule has 0 heterocycles. The number of hydrogen-bond donors (Lipinski definition) is 2. The van der Waals surface area contributed by atoms with Gasteiger partial charge in [0.2, 0.25) is 0 Å². The van der Waals surface area contributed by atoms with Gasteiger partial charge in [0.15, 0.2) is 0 Å². The van der Waals surface area contributed by atoms with E-state index in [9.17, 15) is 4.39 Å². The van der Waals surface area contributed by atoms with Crippen molar-refractivity contribution in [2.75, 3.05) is 20.3 Å². The first kappa shape index (κ1) is 15.6. The van der Waals surface area contributed by atoms with Crippen molar-refractivity contribution in [2.45, 2.75) is 25.9 Å². The zero-order valence-electron chi connectivity index (χ0n) is 11.4. The molecule has 0 aliphatic carbocycles. The van der Waals surface area contributed by atoms with Crippen molar-refractivity contribution >= 4 is 0 Å². The van der Waals surface area contributed by atoms with Crippen LogP contribution in [0.5, 0.6) is 0 Å². The minimum absolute atomic E-state index is 0.0107. The smallest absolute Gasteiger partial charge is 0.128 e. The molecule has 1 unspecified atom stereocenters. The van der Waals surface area contributed by atoms with E-state index in [-0.39, 0.29) is 25.1 Å². The lowest BCUT2D eigenvalue weighted by Crippen LogP contribution is -2.31. The van der Waals surface area contributed by atoms with Crippen molar-refractivity contribution in [1.29, 1.82) is 0 Å². The van der Waals surface area contributed by atoms with Crippen molar-refractivity contribution in [3.8, 4) is 11.8 Å². The number of hydrogen-bond acceptors (Lipinski definition) is 3. The SMILES string of the molecule is CC(CO)N(C)Cc1ccc(C#CCCO)cc1F. The molecule has 0 fully saturated rings. The molecule has 0 aromatic heterocycles. The third-order valence-electron chi connectivity index (χ3n) is 2.96. The number of nitrogens with zero attached hydrogens (tertiary/aromatic N) is 1. The Morgan fingerprint density at radius 3 is 2.68 bits per heavy atom. The molecule has 0 amide bonds. The summed E-state index contributed by atoms with van der Waals surface area (Å²) >= 11 is 0. The number of benzene rings is 1. The standard InChI is InChI=1S/C15H20FNO2/c1-12(11-19)17(2)10-14-7-6-13(9-15(14)16)5-3-4-8-18/h6-7,9,12,18-19H,4,8,10-11H2,1-2H3. The van der Waals surface area contributed by atoms with Crippen LogP contribution in [0.15, 0.2) is 18.2 Å². The predicted octanol–water partition coefficient (Wildman–Crippen LogP) is 1.37. The van der Waals surface area contributed by atoms with Gasteiger partial charge >= 0.3 is 0 Å². The maximum Gasteiger partial charge on any atom is 0.128 e. The highest BCUT2D eigenvalue weighted by atomic mass is 19.1. The number of aliphatic hydroxyl groups is 2. The van der Waals surface area contributed by atoms with Gasteiger partial charge < -0.3 is 10.2 Å². The molecule has 4 heteroatoms. The molecule has 0 radical (unpaired) electrons. The Bertz CT molecular complexity index is 465. The highest BCUT2D eigenvalue weighted by Crippen LogP contribution is 2.13. The summed E-state index contributed by atoms with van der Waals surface area (Å²) in [5.74, 6) is 5.25. The average Bonchev–Trinajstić information content (AvgIpc) is 2.41. The second-order valence-corrected chi connectivity index (χ2v) is 4.53. The minimum atomic E-state index is -0.298. The summed E-state index contributed by atoms with van der Waals surface area (Å²) in [7, 11) is 1.84. The van der Waals surface area contributed by atoms with Gasteiger partial charge in [0.1, 0.15) is 5.82 Å². The number of likely N-dealkylation sites (N-methyl/N-ethyl adjacent to an activating group) is 1. The molecular formula is C15H20FNO2. The molecule has 1 atom stereocenters. The number of halogens is 1. The van der Waals surface area contributed by atoms with Crippen LogP contribution in [0.1, 0.15) is 24.5 Å². The van der Waals surface area contributed by atoms with Crippen molar-refractivity contribution in [2.24, 2.45) is 0 Å². The normalized spacial score (nSPS) is 12.1. The quantitative estimate of drug-likeness (QED) is 0.790. The fourth-order valence-electron chi connectivity index (χ4n) is 1.54. The second kappa shape index (κ2) is 7.90. The van der Waals surface area contributed by atoms with E-state index in [2.05, 4.69) is 11.8 Å². The monoisotopic (exact) mass is 265 g/mol. The summed E-state index contributed by atoms with van der Waals surface area (Å²) in [6.07, 6.45) is 0.389. The molecular weight excluding hydrogens is 245 g/mol. The van der Waals surface area contributed by atoms with Gasteiger partial charge in [-0.15, -0.1) is 0 Å². The molecule has 1 aromatic rings. The maximum absolute atomic E-state index is 13.9. The van der Waals surface area contributed by atoms with Crippen LogP contribution in [-0.2, 0) is 6.54 Å². The fraction of sp³-hybridized carbons (Fsp3) is 0.467. The molecule has 0 bridgehead atoms. The minimum Gasteiger partial charge on any atom is -0.395 e. The van der Waals surface area contributed by atoms with E-state index >= 15 is 0 Å². The third kappa shape index (κ3) is 4.99. The lowest BCUT2D eigenvalue weighted by atomic mass is 10.1. The first-order valence-electron chi connectivity index (χ1n) is 6.27. The Morgan fingerprint density at radius 2 is 2.11 bits per heavy atom. The molecule has 0 aliphatic rings. The van der Waals surface area contributed by atoms with Gasteiger partial charge in [-0.05, 0) is 26.1 Å². The van der Waals surface area contributed by atoms with Crippen molar-refractivity contribution in [3.63, 3.8) is 0 Å². The van der Waals surface area contributed by atoms with Crippen molar-refractivity contribution in [3.05, 3.63) is 35.1 Å². The van der Waals surface area contributed by atoms with Crippen molar-refractivity contribution < 1.29 is 14.6 Å². The molecule has 2 N–H and O–H groups in total. The van der Waals surface area contributed by atoms with E-state index in [1.54, 1.807) is 12.1 Å². The van der Waals surface area contributed by atoms with Crippen LogP contribution in [0.3, 0.4) is 0 Å². The summed E-state index contributed by atoms with van der Waals surface area (Å²) < 4.78 is 13.9. The summed E-state index contributed by atoms with van der Waals surface area (Å²) in [5.41, 5.74) is 1.18. The van der Waals surface area contributed by atoms with Crippen LogP contribution < -0.4 is 0 Å².